The molecule has 0 aliphatic heterocycles. The molecule has 0 saturated carbocycles. The molecule has 13 heavy (non-hydrogen) atoms. The smallest absolute Gasteiger partial charge is 0.0361 e. The van der Waals surface area contributed by atoms with Crippen molar-refractivity contribution in [3.63, 3.8) is 0 Å². The largest absolute Gasteiger partial charge is 0.378 e. The highest BCUT2D eigenvalue weighted by Crippen LogP contribution is 2.11. The molecule has 0 aliphatic carbocycles. The minimum Gasteiger partial charge on any atom is -0.378 e. The predicted molar refractivity (Wildman–Crippen MR) is 63.6 cm³/mol. The molecule has 0 atom stereocenters. The van der Waals surface area contributed by atoms with E-state index in [0.717, 1.165) is 6.42 Å². The molecule has 0 amide bonds. The van der Waals surface area contributed by atoms with E-state index in [4.69, 9.17) is 0 Å². The van der Waals surface area contributed by atoms with E-state index in [2.05, 4.69) is 50.2 Å². The molecule has 0 unspecified atom stereocenters. The lowest BCUT2D eigenvalue weighted by atomic mass is 10.1. The maximum atomic E-state index is 2.18. The molecule has 1 aromatic carbocycles. The van der Waals surface area contributed by atoms with Crippen LogP contribution in [0.5, 0.6) is 0 Å². The van der Waals surface area contributed by atoms with E-state index in [1.807, 2.05) is 0 Å². The third-order valence-electron chi connectivity index (χ3n) is 1.86. The predicted octanol–water partition coefficient (Wildman–Crippen LogP) is 3.59. The molecular weight excluding hydrogens is 158 g/mol. The normalized spacial score (nSPS) is 8.23. The Kier molecular flexibility index (Phi) is 7.30. The highest BCUT2D eigenvalue weighted by Gasteiger charge is 1.92. The van der Waals surface area contributed by atoms with Crippen LogP contribution in [0.2, 0.25) is 0 Å². The maximum absolute atomic E-state index is 2.18. The second-order valence-electron chi connectivity index (χ2n) is 2.91. The summed E-state index contributed by atoms with van der Waals surface area (Å²) in [5.41, 5.74) is 2.66. The van der Waals surface area contributed by atoms with E-state index in [-0.39, 0.29) is 14.9 Å². The van der Waals surface area contributed by atoms with E-state index >= 15 is 0 Å². The van der Waals surface area contributed by atoms with Gasteiger partial charge in [0.15, 0.2) is 0 Å². The van der Waals surface area contributed by atoms with E-state index in [0.29, 0.717) is 0 Å². The Bertz CT molecular complexity index is 211. The lowest BCUT2D eigenvalue weighted by molar-refractivity contribution is 1.11. The first-order valence-corrected chi connectivity index (χ1v) is 4.00. The van der Waals surface area contributed by atoms with Crippen LogP contribution >= 0.6 is 0 Å². The first-order valence-electron chi connectivity index (χ1n) is 4.00. The van der Waals surface area contributed by atoms with Crippen molar-refractivity contribution < 1.29 is 0 Å². The van der Waals surface area contributed by atoms with Gasteiger partial charge in [0.1, 0.15) is 0 Å². The molecule has 0 saturated heterocycles. The third-order valence-corrected chi connectivity index (χ3v) is 1.86. The third kappa shape index (κ3) is 3.97. The SMILES string of the molecule is C.C.CCc1ccc(N(C)C)cc1. The molecule has 0 aliphatic rings. The zero-order valence-electron chi connectivity index (χ0n) is 7.46. The van der Waals surface area contributed by atoms with Gasteiger partial charge in [0.05, 0.1) is 0 Å². The first-order chi connectivity index (χ1) is 5.24. The van der Waals surface area contributed by atoms with Gasteiger partial charge < -0.3 is 4.90 Å². The molecule has 0 fully saturated rings. The Hall–Kier alpha value is -0.980. The number of anilines is 1. The van der Waals surface area contributed by atoms with Crippen LogP contribution in [-0.2, 0) is 6.42 Å². The summed E-state index contributed by atoms with van der Waals surface area (Å²) < 4.78 is 0. The fourth-order valence-electron chi connectivity index (χ4n) is 1.03. The van der Waals surface area contributed by atoms with Crippen LogP contribution in [0, 0.1) is 0 Å². The average molecular weight is 181 g/mol. The summed E-state index contributed by atoms with van der Waals surface area (Å²) in [4.78, 5) is 2.11. The molecule has 1 rings (SSSR count). The van der Waals surface area contributed by atoms with Crippen LogP contribution in [0.1, 0.15) is 27.3 Å². The fraction of sp³-hybridized carbons (Fsp3) is 0.500. The van der Waals surface area contributed by atoms with Gasteiger partial charge >= 0.3 is 0 Å². The van der Waals surface area contributed by atoms with Gasteiger partial charge in [-0.3, -0.25) is 0 Å². The monoisotopic (exact) mass is 181 g/mol. The Morgan fingerprint density at radius 3 is 1.77 bits per heavy atom. The maximum Gasteiger partial charge on any atom is 0.0361 e. The highest BCUT2D eigenvalue weighted by molar-refractivity contribution is 5.45. The number of aryl methyl sites for hydroxylation is 1. The Morgan fingerprint density at radius 1 is 1.00 bits per heavy atom. The molecule has 1 nitrogen and oxygen atoms in total. The summed E-state index contributed by atoms with van der Waals surface area (Å²) in [5, 5.41) is 0. The van der Waals surface area contributed by atoms with Gasteiger partial charge in [-0.05, 0) is 24.1 Å². The number of hydrogen-bond acceptors (Lipinski definition) is 1. The standard InChI is InChI=1S/C10H15N.2CH4/c1-4-9-5-7-10(8-6-9)11(2)3;;/h5-8H,4H2,1-3H3;2*1H4. The van der Waals surface area contributed by atoms with Gasteiger partial charge in [0.25, 0.3) is 0 Å². The van der Waals surface area contributed by atoms with Crippen LogP contribution in [-0.4, -0.2) is 14.1 Å². The van der Waals surface area contributed by atoms with Crippen LogP contribution < -0.4 is 4.90 Å². The van der Waals surface area contributed by atoms with Crippen molar-refractivity contribution in [2.45, 2.75) is 28.2 Å². The van der Waals surface area contributed by atoms with Gasteiger partial charge in [-0.15, -0.1) is 0 Å². The van der Waals surface area contributed by atoms with Crippen LogP contribution in [0.15, 0.2) is 24.3 Å². The highest BCUT2D eigenvalue weighted by atomic mass is 15.1. The summed E-state index contributed by atoms with van der Waals surface area (Å²) in [6, 6.07) is 8.66. The van der Waals surface area contributed by atoms with Crippen molar-refractivity contribution in [3.8, 4) is 0 Å². The van der Waals surface area contributed by atoms with Crippen LogP contribution in [0.3, 0.4) is 0 Å². The number of nitrogens with zero attached hydrogens (tertiary/aromatic N) is 1. The number of hydrogen-bond donors (Lipinski definition) is 0. The molecule has 0 bridgehead atoms. The molecule has 0 heterocycles. The van der Waals surface area contributed by atoms with E-state index in [9.17, 15) is 0 Å². The molecular formula is C12H23N. The lowest BCUT2D eigenvalue weighted by Crippen LogP contribution is -2.08. The van der Waals surface area contributed by atoms with Crippen molar-refractivity contribution in [1.82, 2.24) is 0 Å². The van der Waals surface area contributed by atoms with Crippen LogP contribution in [0.4, 0.5) is 5.69 Å². The topological polar surface area (TPSA) is 3.24 Å². The Morgan fingerprint density at radius 2 is 1.46 bits per heavy atom. The fourth-order valence-corrected chi connectivity index (χ4v) is 1.03. The van der Waals surface area contributed by atoms with Crippen molar-refractivity contribution in [2.24, 2.45) is 0 Å². The first kappa shape index (κ1) is 14.5. The summed E-state index contributed by atoms with van der Waals surface area (Å²) in [6.45, 7) is 2.17. The molecule has 76 valence electrons. The van der Waals surface area contributed by atoms with Gasteiger partial charge in [0, 0.05) is 19.8 Å². The van der Waals surface area contributed by atoms with Gasteiger partial charge in [-0.1, -0.05) is 33.9 Å². The zero-order valence-corrected chi connectivity index (χ0v) is 7.46. The molecule has 1 aromatic rings. The Labute approximate surface area is 83.4 Å². The van der Waals surface area contributed by atoms with Crippen molar-refractivity contribution in [3.05, 3.63) is 29.8 Å². The molecule has 0 radical (unpaired) electrons. The van der Waals surface area contributed by atoms with Crippen molar-refractivity contribution in [2.75, 3.05) is 19.0 Å². The molecule has 0 N–H and O–H groups in total. The van der Waals surface area contributed by atoms with Crippen molar-refractivity contribution >= 4 is 5.69 Å². The second kappa shape index (κ2) is 6.53. The number of rotatable bonds is 2. The van der Waals surface area contributed by atoms with E-state index in [1.54, 1.807) is 0 Å². The van der Waals surface area contributed by atoms with Crippen molar-refractivity contribution in [1.29, 1.82) is 0 Å². The lowest BCUT2D eigenvalue weighted by Gasteiger charge is -2.11. The minimum absolute atomic E-state index is 0. The molecule has 1 heteroatoms. The van der Waals surface area contributed by atoms with Crippen LogP contribution in [0.25, 0.3) is 0 Å². The zero-order chi connectivity index (χ0) is 8.27. The summed E-state index contributed by atoms with van der Waals surface area (Å²) in [5.74, 6) is 0. The molecule has 0 aromatic heterocycles. The minimum atomic E-state index is 0. The summed E-state index contributed by atoms with van der Waals surface area (Å²) in [6.07, 6.45) is 1.12. The summed E-state index contributed by atoms with van der Waals surface area (Å²) >= 11 is 0. The van der Waals surface area contributed by atoms with Gasteiger partial charge in [-0.2, -0.15) is 0 Å². The average Bonchev–Trinajstić information content (AvgIpc) is 2.05. The quantitative estimate of drug-likeness (QED) is 0.674. The van der Waals surface area contributed by atoms with E-state index < -0.39 is 0 Å². The Balaban J connectivity index is 0. The van der Waals surface area contributed by atoms with Gasteiger partial charge in [-0.25, -0.2) is 0 Å². The van der Waals surface area contributed by atoms with Gasteiger partial charge in [0.2, 0.25) is 0 Å². The molecule has 0 spiro atoms. The van der Waals surface area contributed by atoms with E-state index in [1.165, 1.54) is 11.3 Å². The summed E-state index contributed by atoms with van der Waals surface area (Å²) in [7, 11) is 4.11. The number of benzene rings is 1. The second-order valence-corrected chi connectivity index (χ2v) is 2.91.